The van der Waals surface area contributed by atoms with Crippen LogP contribution < -0.4 is 10.2 Å². The van der Waals surface area contributed by atoms with Crippen molar-refractivity contribution >= 4 is 11.6 Å². The van der Waals surface area contributed by atoms with Gasteiger partial charge in [-0.15, -0.1) is 0 Å². The zero-order valence-corrected chi connectivity index (χ0v) is 12.6. The third-order valence-corrected chi connectivity index (χ3v) is 3.91. The van der Waals surface area contributed by atoms with E-state index in [0.29, 0.717) is 13.1 Å². The Balaban J connectivity index is 1.42. The first-order chi connectivity index (χ1) is 10.8. The first-order valence-electron chi connectivity index (χ1n) is 7.64. The summed E-state index contributed by atoms with van der Waals surface area (Å²) in [6.07, 6.45) is 1.64. The van der Waals surface area contributed by atoms with Crippen LogP contribution in [0.25, 0.3) is 0 Å². The monoisotopic (exact) mass is 299 g/mol. The number of benzene rings is 1. The number of hydrogen-bond acceptors (Lipinski definition) is 4. The van der Waals surface area contributed by atoms with Crippen molar-refractivity contribution in [2.45, 2.75) is 6.54 Å². The molecule has 1 fully saturated rings. The van der Waals surface area contributed by atoms with Gasteiger partial charge in [-0.3, -0.25) is 4.79 Å². The molecular weight excluding hydrogens is 278 g/mol. The maximum absolute atomic E-state index is 12.2. The lowest BCUT2D eigenvalue weighted by atomic mass is 10.2. The Labute approximate surface area is 130 Å². The number of hydrogen-bond donors (Lipinski definition) is 1. The van der Waals surface area contributed by atoms with Crippen molar-refractivity contribution in [3.8, 4) is 0 Å². The van der Waals surface area contributed by atoms with Gasteiger partial charge < -0.3 is 19.5 Å². The maximum atomic E-state index is 12.2. The van der Waals surface area contributed by atoms with Crippen molar-refractivity contribution in [1.82, 2.24) is 10.2 Å². The molecule has 1 amide bonds. The van der Waals surface area contributed by atoms with Gasteiger partial charge in [0, 0.05) is 31.9 Å². The molecule has 0 bridgehead atoms. The first-order valence-corrected chi connectivity index (χ1v) is 7.64. The van der Waals surface area contributed by atoms with Crippen molar-refractivity contribution in [3.05, 3.63) is 54.5 Å². The van der Waals surface area contributed by atoms with E-state index < -0.39 is 0 Å². The van der Waals surface area contributed by atoms with Crippen LogP contribution in [-0.4, -0.2) is 43.5 Å². The largest absolute Gasteiger partial charge is 0.468 e. The lowest BCUT2D eigenvalue weighted by Gasteiger charge is -2.36. The van der Waals surface area contributed by atoms with E-state index in [2.05, 4.69) is 22.3 Å². The van der Waals surface area contributed by atoms with Crippen molar-refractivity contribution < 1.29 is 9.21 Å². The minimum Gasteiger partial charge on any atom is -0.468 e. The highest BCUT2D eigenvalue weighted by Crippen LogP contribution is 2.15. The molecule has 0 radical (unpaired) electrons. The Morgan fingerprint density at radius 2 is 1.82 bits per heavy atom. The number of piperazine rings is 1. The van der Waals surface area contributed by atoms with Gasteiger partial charge in [-0.2, -0.15) is 0 Å². The fourth-order valence-electron chi connectivity index (χ4n) is 2.67. The van der Waals surface area contributed by atoms with E-state index in [0.717, 1.165) is 31.9 Å². The topological polar surface area (TPSA) is 48.7 Å². The molecule has 2 heterocycles. The van der Waals surface area contributed by atoms with Crippen LogP contribution in [0, 0.1) is 0 Å². The molecule has 0 unspecified atom stereocenters. The zero-order chi connectivity index (χ0) is 15.2. The summed E-state index contributed by atoms with van der Waals surface area (Å²) in [4.78, 5) is 16.4. The number of carbonyl (C=O) groups is 1. The van der Waals surface area contributed by atoms with Gasteiger partial charge in [0.15, 0.2) is 0 Å². The highest BCUT2D eigenvalue weighted by molar-refractivity contribution is 5.78. The Morgan fingerprint density at radius 3 is 2.50 bits per heavy atom. The maximum Gasteiger partial charge on any atom is 0.236 e. The Kier molecular flexibility index (Phi) is 4.75. The SMILES string of the molecule is O=C(CNCc1ccco1)N1CCN(c2ccccc2)CC1. The molecule has 1 aliphatic heterocycles. The van der Waals surface area contributed by atoms with Crippen molar-refractivity contribution in [2.75, 3.05) is 37.6 Å². The fourth-order valence-corrected chi connectivity index (χ4v) is 2.67. The van der Waals surface area contributed by atoms with Gasteiger partial charge in [-0.1, -0.05) is 18.2 Å². The summed E-state index contributed by atoms with van der Waals surface area (Å²) in [7, 11) is 0. The molecule has 1 aliphatic rings. The lowest BCUT2D eigenvalue weighted by Crippen LogP contribution is -2.50. The molecule has 5 heteroatoms. The predicted octanol–water partition coefficient (Wildman–Crippen LogP) is 1.72. The number of para-hydroxylation sites is 1. The van der Waals surface area contributed by atoms with E-state index >= 15 is 0 Å². The third kappa shape index (κ3) is 3.68. The number of amides is 1. The molecule has 1 saturated heterocycles. The van der Waals surface area contributed by atoms with Gasteiger partial charge in [0.05, 0.1) is 19.4 Å². The second-order valence-electron chi connectivity index (χ2n) is 5.39. The number of rotatable bonds is 5. The van der Waals surface area contributed by atoms with E-state index in [1.807, 2.05) is 35.2 Å². The zero-order valence-electron chi connectivity index (χ0n) is 12.6. The Morgan fingerprint density at radius 1 is 1.05 bits per heavy atom. The van der Waals surface area contributed by atoms with Crippen LogP contribution in [0.5, 0.6) is 0 Å². The number of carbonyl (C=O) groups excluding carboxylic acids is 1. The fraction of sp³-hybridized carbons (Fsp3) is 0.353. The molecule has 0 spiro atoms. The Hall–Kier alpha value is -2.27. The summed E-state index contributed by atoms with van der Waals surface area (Å²) >= 11 is 0. The average Bonchev–Trinajstić information content (AvgIpc) is 3.09. The summed E-state index contributed by atoms with van der Waals surface area (Å²) in [5.41, 5.74) is 1.23. The molecule has 5 nitrogen and oxygen atoms in total. The quantitative estimate of drug-likeness (QED) is 0.913. The molecule has 3 rings (SSSR count). The van der Waals surface area contributed by atoms with Crippen LogP contribution in [-0.2, 0) is 11.3 Å². The molecule has 1 N–H and O–H groups in total. The minimum atomic E-state index is 0.152. The molecular formula is C17H21N3O2. The third-order valence-electron chi connectivity index (χ3n) is 3.91. The second-order valence-corrected chi connectivity index (χ2v) is 5.39. The van der Waals surface area contributed by atoms with E-state index in [-0.39, 0.29) is 5.91 Å². The number of nitrogens with one attached hydrogen (secondary N) is 1. The van der Waals surface area contributed by atoms with Crippen LogP contribution >= 0.6 is 0 Å². The number of anilines is 1. The molecule has 22 heavy (non-hydrogen) atoms. The standard InChI is InChI=1S/C17H21N3O2/c21-17(14-18-13-16-7-4-12-22-16)20-10-8-19(9-11-20)15-5-2-1-3-6-15/h1-7,12,18H,8-11,13-14H2. The van der Waals surface area contributed by atoms with Crippen LogP contribution in [0.4, 0.5) is 5.69 Å². The summed E-state index contributed by atoms with van der Waals surface area (Å²) in [6, 6.07) is 14.1. The van der Waals surface area contributed by atoms with E-state index in [4.69, 9.17) is 4.42 Å². The van der Waals surface area contributed by atoms with E-state index in [1.54, 1.807) is 6.26 Å². The second kappa shape index (κ2) is 7.13. The van der Waals surface area contributed by atoms with Crippen LogP contribution in [0.3, 0.4) is 0 Å². The first kappa shape index (κ1) is 14.7. The van der Waals surface area contributed by atoms with Crippen molar-refractivity contribution in [3.63, 3.8) is 0 Å². The number of furan rings is 1. The van der Waals surface area contributed by atoms with Gasteiger partial charge >= 0.3 is 0 Å². The smallest absolute Gasteiger partial charge is 0.236 e. The van der Waals surface area contributed by atoms with Gasteiger partial charge in [0.2, 0.25) is 5.91 Å². The van der Waals surface area contributed by atoms with Gasteiger partial charge in [0.1, 0.15) is 5.76 Å². The average molecular weight is 299 g/mol. The molecule has 0 saturated carbocycles. The highest BCUT2D eigenvalue weighted by Gasteiger charge is 2.20. The van der Waals surface area contributed by atoms with E-state index in [9.17, 15) is 4.79 Å². The minimum absolute atomic E-state index is 0.152. The van der Waals surface area contributed by atoms with Crippen molar-refractivity contribution in [2.24, 2.45) is 0 Å². The summed E-state index contributed by atoms with van der Waals surface area (Å²) in [5.74, 6) is 1.00. The van der Waals surface area contributed by atoms with Crippen LogP contribution in [0.2, 0.25) is 0 Å². The molecule has 116 valence electrons. The van der Waals surface area contributed by atoms with Crippen LogP contribution in [0.1, 0.15) is 5.76 Å². The summed E-state index contributed by atoms with van der Waals surface area (Å²) in [5, 5.41) is 3.13. The highest BCUT2D eigenvalue weighted by atomic mass is 16.3. The van der Waals surface area contributed by atoms with Crippen LogP contribution in [0.15, 0.2) is 53.1 Å². The summed E-state index contributed by atoms with van der Waals surface area (Å²) in [6.45, 7) is 4.25. The normalized spacial score (nSPS) is 15.1. The molecule has 1 aromatic carbocycles. The molecule has 2 aromatic rings. The van der Waals surface area contributed by atoms with Gasteiger partial charge in [-0.05, 0) is 24.3 Å². The van der Waals surface area contributed by atoms with Crippen molar-refractivity contribution in [1.29, 1.82) is 0 Å². The lowest BCUT2D eigenvalue weighted by molar-refractivity contribution is -0.130. The molecule has 1 aromatic heterocycles. The number of nitrogens with zero attached hydrogens (tertiary/aromatic N) is 2. The van der Waals surface area contributed by atoms with Gasteiger partial charge in [0.25, 0.3) is 0 Å². The predicted molar refractivity (Wildman–Crippen MR) is 85.6 cm³/mol. The van der Waals surface area contributed by atoms with Gasteiger partial charge in [-0.25, -0.2) is 0 Å². The summed E-state index contributed by atoms with van der Waals surface area (Å²) < 4.78 is 5.23. The Bertz CT molecular complexity index is 575. The molecule has 0 atom stereocenters. The molecule has 0 aliphatic carbocycles. The van der Waals surface area contributed by atoms with E-state index in [1.165, 1.54) is 5.69 Å².